The normalized spacial score (nSPS) is 10.0. The number of hydrogen-bond acceptors (Lipinski definition) is 5. The van der Waals surface area contributed by atoms with Crippen molar-refractivity contribution in [2.75, 3.05) is 27.6 Å². The molecule has 6 heteroatoms. The van der Waals surface area contributed by atoms with Gasteiger partial charge >= 0.3 is 0 Å². The van der Waals surface area contributed by atoms with Gasteiger partial charge in [0.15, 0.2) is 6.79 Å². The third kappa shape index (κ3) is 6.64. The molecule has 1 rings (SSSR count). The molecule has 0 heterocycles. The predicted octanol–water partition coefficient (Wildman–Crippen LogP) is 1.51. The number of ether oxygens (including phenoxy) is 3. The fraction of sp³-hybridized carbons (Fsp3) is 0.462. The van der Waals surface area contributed by atoms with Crippen LogP contribution < -0.4 is 15.0 Å². The largest absolute Gasteiger partial charge is 0.497 e. The lowest BCUT2D eigenvalue weighted by molar-refractivity contribution is -0.144. The van der Waals surface area contributed by atoms with E-state index in [0.29, 0.717) is 19.4 Å². The molecule has 0 spiro atoms. The highest BCUT2D eigenvalue weighted by atomic mass is 16.8. The highest BCUT2D eigenvalue weighted by Crippen LogP contribution is 2.17. The average Bonchev–Trinajstić information content (AvgIpc) is 2.44. The molecule has 0 aliphatic rings. The Hall–Kier alpha value is -1.79. The molecule has 1 N–H and O–H groups in total. The van der Waals surface area contributed by atoms with Crippen molar-refractivity contribution >= 4 is 5.91 Å². The number of benzene rings is 1. The van der Waals surface area contributed by atoms with Crippen LogP contribution in [0.4, 0.5) is 0 Å². The molecule has 0 aromatic heterocycles. The van der Waals surface area contributed by atoms with Gasteiger partial charge in [0.25, 0.3) is 0 Å². The molecule has 1 amide bonds. The van der Waals surface area contributed by atoms with Gasteiger partial charge in [0.2, 0.25) is 5.91 Å². The molecule has 0 unspecified atom stereocenters. The van der Waals surface area contributed by atoms with Crippen LogP contribution >= 0.6 is 0 Å². The minimum atomic E-state index is -0.199. The zero-order chi connectivity index (χ0) is 13.9. The van der Waals surface area contributed by atoms with Crippen LogP contribution in [0, 0.1) is 0 Å². The van der Waals surface area contributed by atoms with E-state index < -0.39 is 0 Å². The monoisotopic (exact) mass is 269 g/mol. The third-order valence-corrected chi connectivity index (χ3v) is 2.24. The molecular formula is C13H19NO5. The molecule has 0 aliphatic heterocycles. The fourth-order valence-electron chi connectivity index (χ4n) is 1.31. The van der Waals surface area contributed by atoms with Gasteiger partial charge in [-0.15, -0.1) is 0 Å². The quantitative estimate of drug-likeness (QED) is 0.418. The van der Waals surface area contributed by atoms with Crippen molar-refractivity contribution in [3.05, 3.63) is 24.3 Å². The van der Waals surface area contributed by atoms with Crippen molar-refractivity contribution in [1.82, 2.24) is 5.48 Å². The summed E-state index contributed by atoms with van der Waals surface area (Å²) in [5, 5.41) is 0. The lowest BCUT2D eigenvalue weighted by Crippen LogP contribution is -2.24. The second kappa shape index (κ2) is 9.18. The van der Waals surface area contributed by atoms with E-state index in [9.17, 15) is 4.79 Å². The number of hydroxylamine groups is 1. The van der Waals surface area contributed by atoms with Gasteiger partial charge in [-0.3, -0.25) is 4.79 Å². The zero-order valence-corrected chi connectivity index (χ0v) is 11.2. The first kappa shape index (κ1) is 15.3. The van der Waals surface area contributed by atoms with Crippen molar-refractivity contribution in [2.45, 2.75) is 12.8 Å². The van der Waals surface area contributed by atoms with E-state index in [1.807, 2.05) is 24.3 Å². The lowest BCUT2D eigenvalue weighted by atomic mass is 10.3. The zero-order valence-electron chi connectivity index (χ0n) is 11.2. The van der Waals surface area contributed by atoms with Gasteiger partial charge in [-0.25, -0.2) is 10.3 Å². The van der Waals surface area contributed by atoms with Gasteiger partial charge in [-0.05, 0) is 30.7 Å². The average molecular weight is 269 g/mol. The highest BCUT2D eigenvalue weighted by Gasteiger charge is 2.01. The molecule has 0 aliphatic carbocycles. The minimum Gasteiger partial charge on any atom is -0.497 e. The number of hydrogen-bond donors (Lipinski definition) is 1. The number of nitrogens with one attached hydrogen (secondary N) is 1. The Morgan fingerprint density at radius 1 is 1.16 bits per heavy atom. The molecule has 6 nitrogen and oxygen atoms in total. The van der Waals surface area contributed by atoms with E-state index in [-0.39, 0.29) is 12.7 Å². The van der Waals surface area contributed by atoms with Crippen LogP contribution in [0.1, 0.15) is 12.8 Å². The van der Waals surface area contributed by atoms with Crippen LogP contribution in [0.2, 0.25) is 0 Å². The summed E-state index contributed by atoms with van der Waals surface area (Å²) in [6, 6.07) is 7.28. The van der Waals surface area contributed by atoms with Crippen molar-refractivity contribution in [3.8, 4) is 11.5 Å². The Balaban J connectivity index is 2.11. The summed E-state index contributed by atoms with van der Waals surface area (Å²) >= 11 is 0. The number of carbonyl (C=O) groups excluding carboxylic acids is 1. The predicted molar refractivity (Wildman–Crippen MR) is 68.8 cm³/mol. The Morgan fingerprint density at radius 3 is 2.47 bits per heavy atom. The molecule has 19 heavy (non-hydrogen) atoms. The molecule has 0 radical (unpaired) electrons. The molecule has 0 atom stereocenters. The summed E-state index contributed by atoms with van der Waals surface area (Å²) in [5.41, 5.74) is 2.26. The fourth-order valence-corrected chi connectivity index (χ4v) is 1.31. The second-order valence-corrected chi connectivity index (χ2v) is 3.70. The van der Waals surface area contributed by atoms with Gasteiger partial charge in [-0.2, -0.15) is 0 Å². The van der Waals surface area contributed by atoms with Gasteiger partial charge < -0.3 is 14.2 Å². The van der Waals surface area contributed by atoms with Gasteiger partial charge in [0.1, 0.15) is 11.5 Å². The van der Waals surface area contributed by atoms with E-state index >= 15 is 0 Å². The smallest absolute Gasteiger partial charge is 0.243 e. The topological polar surface area (TPSA) is 66.0 Å². The standard InChI is InChI=1S/C13H19NO5/c1-16-10-19-14-13(15)4-3-9-18-12-7-5-11(17-2)6-8-12/h5-8H,3-4,9-10H2,1-2H3,(H,14,15). The van der Waals surface area contributed by atoms with Gasteiger partial charge in [0.05, 0.1) is 13.7 Å². The van der Waals surface area contributed by atoms with Gasteiger partial charge in [-0.1, -0.05) is 0 Å². The van der Waals surface area contributed by atoms with Crippen molar-refractivity contribution < 1.29 is 23.8 Å². The molecule has 0 saturated carbocycles. The van der Waals surface area contributed by atoms with Gasteiger partial charge in [0, 0.05) is 13.5 Å². The first-order valence-corrected chi connectivity index (χ1v) is 5.92. The Kier molecular flexibility index (Phi) is 7.38. The van der Waals surface area contributed by atoms with E-state index in [0.717, 1.165) is 11.5 Å². The molecule has 0 fully saturated rings. The number of rotatable bonds is 9. The third-order valence-electron chi connectivity index (χ3n) is 2.24. The number of carbonyl (C=O) groups is 1. The summed E-state index contributed by atoms with van der Waals surface area (Å²) in [7, 11) is 3.09. The van der Waals surface area contributed by atoms with E-state index in [1.165, 1.54) is 7.11 Å². The SMILES string of the molecule is COCONC(=O)CCCOc1ccc(OC)cc1. The Bertz CT molecular complexity index is 366. The van der Waals surface area contributed by atoms with Crippen molar-refractivity contribution in [1.29, 1.82) is 0 Å². The van der Waals surface area contributed by atoms with Crippen molar-refractivity contribution in [2.24, 2.45) is 0 Å². The number of methoxy groups -OCH3 is 2. The van der Waals surface area contributed by atoms with E-state index in [1.54, 1.807) is 7.11 Å². The summed E-state index contributed by atoms with van der Waals surface area (Å²) in [4.78, 5) is 16.0. The maximum atomic E-state index is 11.2. The molecule has 1 aromatic carbocycles. The van der Waals surface area contributed by atoms with Crippen LogP contribution in [0.15, 0.2) is 24.3 Å². The number of amides is 1. The van der Waals surface area contributed by atoms with Crippen molar-refractivity contribution in [3.63, 3.8) is 0 Å². The molecule has 106 valence electrons. The first-order chi connectivity index (χ1) is 9.26. The molecule has 1 aromatic rings. The highest BCUT2D eigenvalue weighted by molar-refractivity contribution is 5.74. The second-order valence-electron chi connectivity index (χ2n) is 3.70. The van der Waals surface area contributed by atoms with Crippen LogP contribution in [0.3, 0.4) is 0 Å². The lowest BCUT2D eigenvalue weighted by Gasteiger charge is -2.07. The summed E-state index contributed by atoms with van der Waals surface area (Å²) in [6.45, 7) is 0.498. The summed E-state index contributed by atoms with van der Waals surface area (Å²) in [6.07, 6.45) is 0.939. The van der Waals surface area contributed by atoms with E-state index in [4.69, 9.17) is 14.3 Å². The maximum absolute atomic E-state index is 11.2. The molecule has 0 saturated heterocycles. The van der Waals surface area contributed by atoms with Crippen LogP contribution in [0.25, 0.3) is 0 Å². The summed E-state index contributed by atoms with van der Waals surface area (Å²) in [5.74, 6) is 1.33. The first-order valence-electron chi connectivity index (χ1n) is 5.92. The Morgan fingerprint density at radius 2 is 1.84 bits per heavy atom. The maximum Gasteiger partial charge on any atom is 0.243 e. The minimum absolute atomic E-state index is 0.0358. The van der Waals surface area contributed by atoms with Crippen LogP contribution in [-0.2, 0) is 14.4 Å². The van der Waals surface area contributed by atoms with E-state index in [2.05, 4.69) is 10.2 Å². The summed E-state index contributed by atoms with van der Waals surface area (Å²) < 4.78 is 15.1. The molecule has 0 bridgehead atoms. The molecular weight excluding hydrogens is 250 g/mol. The van der Waals surface area contributed by atoms with Crippen LogP contribution in [-0.4, -0.2) is 33.5 Å². The Labute approximate surface area is 112 Å². The van der Waals surface area contributed by atoms with Crippen LogP contribution in [0.5, 0.6) is 11.5 Å².